The molecular weight excluding hydrogens is 304 g/mol. The van der Waals surface area contributed by atoms with Gasteiger partial charge in [-0.25, -0.2) is 8.42 Å². The third-order valence-electron chi connectivity index (χ3n) is 5.25. The first-order valence-electron chi connectivity index (χ1n) is 8.14. The van der Waals surface area contributed by atoms with E-state index in [2.05, 4.69) is 6.92 Å². The van der Waals surface area contributed by atoms with Crippen LogP contribution in [0.5, 0.6) is 0 Å². The molecule has 22 heavy (non-hydrogen) atoms. The summed E-state index contributed by atoms with van der Waals surface area (Å²) < 4.78 is 23.2. The van der Waals surface area contributed by atoms with E-state index in [0.717, 1.165) is 25.9 Å². The average Bonchev–Trinajstić information content (AvgIpc) is 3.01. The summed E-state index contributed by atoms with van der Waals surface area (Å²) >= 11 is 0. The highest BCUT2D eigenvalue weighted by Crippen LogP contribution is 2.28. The predicted octanol–water partition coefficient (Wildman–Crippen LogP) is 0.281. The minimum absolute atomic E-state index is 0.0564. The Hall–Kier alpha value is -1.11. The van der Waals surface area contributed by atoms with Crippen LogP contribution in [0.4, 0.5) is 0 Å². The van der Waals surface area contributed by atoms with Crippen molar-refractivity contribution in [3.8, 4) is 0 Å². The van der Waals surface area contributed by atoms with Crippen LogP contribution in [0.3, 0.4) is 0 Å². The number of nitrogens with zero attached hydrogens (tertiary/aromatic N) is 2. The Balaban J connectivity index is 1.61. The molecule has 2 atom stereocenters. The van der Waals surface area contributed by atoms with Crippen LogP contribution in [0.1, 0.15) is 32.6 Å². The highest BCUT2D eigenvalue weighted by atomic mass is 32.2. The molecule has 124 valence electrons. The Labute approximate surface area is 131 Å². The molecule has 6 nitrogen and oxygen atoms in total. The summed E-state index contributed by atoms with van der Waals surface area (Å²) in [4.78, 5) is 28.3. The van der Waals surface area contributed by atoms with E-state index in [9.17, 15) is 18.0 Å². The summed E-state index contributed by atoms with van der Waals surface area (Å²) in [5, 5.41) is 0. The molecule has 2 amide bonds. The van der Waals surface area contributed by atoms with Crippen molar-refractivity contribution in [3.63, 3.8) is 0 Å². The first-order valence-corrected chi connectivity index (χ1v) is 9.96. The molecular formula is C15H24N2O4S. The Morgan fingerprint density at radius 3 is 2.45 bits per heavy atom. The van der Waals surface area contributed by atoms with Crippen LogP contribution in [-0.4, -0.2) is 67.2 Å². The van der Waals surface area contributed by atoms with Crippen molar-refractivity contribution < 1.29 is 18.0 Å². The van der Waals surface area contributed by atoms with E-state index < -0.39 is 9.84 Å². The van der Waals surface area contributed by atoms with Crippen LogP contribution in [-0.2, 0) is 19.4 Å². The maximum atomic E-state index is 12.6. The second-order valence-corrected chi connectivity index (χ2v) is 9.24. The molecule has 0 aromatic rings. The van der Waals surface area contributed by atoms with Crippen molar-refractivity contribution in [2.75, 3.05) is 31.1 Å². The standard InChI is InChI=1S/C15H24N2O4S/c1-11-2-5-16(6-3-11)15(19)12-8-14(18)17(9-12)13-4-7-22(20,21)10-13/h11-13H,2-10H2,1H3. The highest BCUT2D eigenvalue weighted by molar-refractivity contribution is 7.91. The number of piperidine rings is 1. The van der Waals surface area contributed by atoms with Crippen LogP contribution >= 0.6 is 0 Å². The van der Waals surface area contributed by atoms with Crippen molar-refractivity contribution in [1.82, 2.24) is 9.80 Å². The Kier molecular flexibility index (Phi) is 4.18. The summed E-state index contributed by atoms with van der Waals surface area (Å²) in [6.07, 6.45) is 2.80. The zero-order valence-electron chi connectivity index (χ0n) is 13.0. The lowest BCUT2D eigenvalue weighted by atomic mass is 9.97. The molecule has 0 saturated carbocycles. The van der Waals surface area contributed by atoms with Crippen LogP contribution in [0.25, 0.3) is 0 Å². The summed E-state index contributed by atoms with van der Waals surface area (Å²) in [6, 6.07) is -0.225. The quantitative estimate of drug-likeness (QED) is 0.730. The van der Waals surface area contributed by atoms with Gasteiger partial charge in [0, 0.05) is 32.1 Å². The average molecular weight is 328 g/mol. The van der Waals surface area contributed by atoms with E-state index in [0.29, 0.717) is 18.9 Å². The van der Waals surface area contributed by atoms with Gasteiger partial charge in [0.1, 0.15) is 0 Å². The number of likely N-dealkylation sites (tertiary alicyclic amines) is 2. The van der Waals surface area contributed by atoms with Gasteiger partial charge in [0.2, 0.25) is 11.8 Å². The van der Waals surface area contributed by atoms with Crippen molar-refractivity contribution in [2.45, 2.75) is 38.6 Å². The van der Waals surface area contributed by atoms with Gasteiger partial charge in [0.05, 0.1) is 17.4 Å². The molecule has 0 aromatic heterocycles. The number of carbonyl (C=O) groups is 2. The normalized spacial score (nSPS) is 32.7. The lowest BCUT2D eigenvalue weighted by Gasteiger charge is -2.32. The molecule has 3 aliphatic heterocycles. The topological polar surface area (TPSA) is 74.8 Å². The summed E-state index contributed by atoms with van der Waals surface area (Å²) in [5.41, 5.74) is 0. The smallest absolute Gasteiger partial charge is 0.227 e. The fourth-order valence-corrected chi connectivity index (χ4v) is 5.49. The number of carbonyl (C=O) groups excluding carboxylic acids is 2. The number of amides is 2. The first kappa shape index (κ1) is 15.8. The second kappa shape index (κ2) is 5.83. The molecule has 3 heterocycles. The van der Waals surface area contributed by atoms with Gasteiger partial charge in [-0.3, -0.25) is 9.59 Å². The van der Waals surface area contributed by atoms with Gasteiger partial charge in [-0.2, -0.15) is 0 Å². The number of sulfone groups is 1. The summed E-state index contributed by atoms with van der Waals surface area (Å²) in [7, 11) is -3.01. The molecule has 0 aliphatic carbocycles. The summed E-state index contributed by atoms with van der Waals surface area (Å²) in [6.45, 7) is 4.15. The highest BCUT2D eigenvalue weighted by Gasteiger charge is 2.43. The molecule has 3 aliphatic rings. The second-order valence-electron chi connectivity index (χ2n) is 7.01. The molecule has 3 fully saturated rings. The lowest BCUT2D eigenvalue weighted by Crippen LogP contribution is -2.43. The Bertz CT molecular complexity index is 566. The van der Waals surface area contributed by atoms with Crippen LogP contribution in [0, 0.1) is 11.8 Å². The molecule has 0 aromatic carbocycles. The molecule has 0 spiro atoms. The first-order chi connectivity index (χ1) is 10.4. The third kappa shape index (κ3) is 3.14. The SMILES string of the molecule is CC1CCN(C(=O)C2CC(=O)N(C3CCS(=O)(=O)C3)C2)CC1. The molecule has 2 unspecified atom stereocenters. The van der Waals surface area contributed by atoms with Crippen molar-refractivity contribution >= 4 is 21.7 Å². The van der Waals surface area contributed by atoms with E-state index in [4.69, 9.17) is 0 Å². The van der Waals surface area contributed by atoms with E-state index in [-0.39, 0.29) is 41.7 Å². The maximum Gasteiger partial charge on any atom is 0.227 e. The maximum absolute atomic E-state index is 12.6. The number of rotatable bonds is 2. The van der Waals surface area contributed by atoms with E-state index >= 15 is 0 Å². The molecule has 3 rings (SSSR count). The van der Waals surface area contributed by atoms with E-state index in [1.807, 2.05) is 4.90 Å². The third-order valence-corrected chi connectivity index (χ3v) is 7.00. The van der Waals surface area contributed by atoms with Crippen molar-refractivity contribution in [1.29, 1.82) is 0 Å². The van der Waals surface area contributed by atoms with Gasteiger partial charge in [0.25, 0.3) is 0 Å². The fraction of sp³-hybridized carbons (Fsp3) is 0.867. The van der Waals surface area contributed by atoms with Gasteiger partial charge in [-0.15, -0.1) is 0 Å². The zero-order chi connectivity index (χ0) is 15.9. The molecule has 0 radical (unpaired) electrons. The van der Waals surface area contributed by atoms with Crippen molar-refractivity contribution in [3.05, 3.63) is 0 Å². The van der Waals surface area contributed by atoms with Gasteiger partial charge in [-0.1, -0.05) is 6.92 Å². The van der Waals surface area contributed by atoms with Crippen molar-refractivity contribution in [2.24, 2.45) is 11.8 Å². The monoisotopic (exact) mass is 328 g/mol. The van der Waals surface area contributed by atoms with E-state index in [1.165, 1.54) is 0 Å². The van der Waals surface area contributed by atoms with Gasteiger partial charge in [0.15, 0.2) is 9.84 Å². The molecule has 7 heteroatoms. The van der Waals surface area contributed by atoms with Crippen LogP contribution < -0.4 is 0 Å². The van der Waals surface area contributed by atoms with Crippen LogP contribution in [0.2, 0.25) is 0 Å². The minimum atomic E-state index is -3.01. The van der Waals surface area contributed by atoms with E-state index in [1.54, 1.807) is 4.90 Å². The Morgan fingerprint density at radius 1 is 1.18 bits per heavy atom. The molecule has 3 saturated heterocycles. The molecule has 0 bridgehead atoms. The largest absolute Gasteiger partial charge is 0.342 e. The Morgan fingerprint density at radius 2 is 1.86 bits per heavy atom. The van der Waals surface area contributed by atoms with Gasteiger partial charge in [-0.05, 0) is 25.2 Å². The lowest BCUT2D eigenvalue weighted by molar-refractivity contribution is -0.137. The van der Waals surface area contributed by atoms with Gasteiger partial charge >= 0.3 is 0 Å². The predicted molar refractivity (Wildman–Crippen MR) is 81.9 cm³/mol. The number of hydrogen-bond donors (Lipinski definition) is 0. The van der Waals surface area contributed by atoms with Crippen LogP contribution in [0.15, 0.2) is 0 Å². The minimum Gasteiger partial charge on any atom is -0.342 e. The number of hydrogen-bond acceptors (Lipinski definition) is 4. The fourth-order valence-electron chi connectivity index (χ4n) is 3.76. The summed E-state index contributed by atoms with van der Waals surface area (Å²) in [5.74, 6) is 0.596. The molecule has 0 N–H and O–H groups in total. The van der Waals surface area contributed by atoms with Gasteiger partial charge < -0.3 is 9.80 Å². The zero-order valence-corrected chi connectivity index (χ0v) is 13.8.